The van der Waals surface area contributed by atoms with Gasteiger partial charge in [-0.05, 0) is 31.5 Å². The Bertz CT molecular complexity index is 1010. The highest BCUT2D eigenvalue weighted by Gasteiger charge is 2.34. The van der Waals surface area contributed by atoms with Crippen LogP contribution in [0, 0.1) is 0 Å². The molecule has 152 valence electrons. The lowest BCUT2D eigenvalue weighted by Gasteiger charge is -2.18. The van der Waals surface area contributed by atoms with Crippen molar-refractivity contribution in [1.29, 1.82) is 0 Å². The quantitative estimate of drug-likeness (QED) is 0.287. The molecule has 0 bridgehead atoms. The van der Waals surface area contributed by atoms with Crippen LogP contribution in [0.4, 0.5) is 0 Å². The van der Waals surface area contributed by atoms with Crippen LogP contribution >= 0.6 is 15.9 Å². The Hall–Kier alpha value is -3.20. The second-order valence-corrected chi connectivity index (χ2v) is 6.98. The highest BCUT2D eigenvalue weighted by Crippen LogP contribution is 2.45. The molecule has 2 rings (SSSR count). The second kappa shape index (κ2) is 8.87. The number of aromatic hydroxyl groups is 2. The zero-order valence-electron chi connectivity index (χ0n) is 15.7. The Kier molecular flexibility index (Phi) is 6.76. The van der Waals surface area contributed by atoms with Crippen molar-refractivity contribution < 1.29 is 38.9 Å². The first-order chi connectivity index (χ1) is 13.5. The van der Waals surface area contributed by atoms with E-state index in [4.69, 9.17) is 9.47 Å². The fraction of sp³-hybridized carbons (Fsp3) is 0.200. The third kappa shape index (κ3) is 4.80. The molecule has 9 heteroatoms. The number of ether oxygens (including phenoxy) is 2. The summed E-state index contributed by atoms with van der Waals surface area (Å²) in [5, 5.41) is 20.4. The van der Waals surface area contributed by atoms with Crippen molar-refractivity contribution in [2.24, 2.45) is 0 Å². The van der Waals surface area contributed by atoms with Crippen LogP contribution in [0.25, 0.3) is 0 Å². The fourth-order valence-corrected chi connectivity index (χ4v) is 2.89. The van der Waals surface area contributed by atoms with E-state index in [1.807, 2.05) is 0 Å². The molecule has 0 aliphatic rings. The lowest BCUT2D eigenvalue weighted by molar-refractivity contribution is -0.132. The van der Waals surface area contributed by atoms with Crippen molar-refractivity contribution in [2.45, 2.75) is 27.4 Å². The largest absolute Gasteiger partial charge is 0.504 e. The summed E-state index contributed by atoms with van der Waals surface area (Å²) in [4.78, 5) is 48.4. The van der Waals surface area contributed by atoms with Crippen molar-refractivity contribution in [3.05, 3.63) is 51.0 Å². The fourth-order valence-electron chi connectivity index (χ4n) is 2.63. The Morgan fingerprint density at radius 3 is 1.90 bits per heavy atom. The van der Waals surface area contributed by atoms with Crippen molar-refractivity contribution in [2.75, 3.05) is 0 Å². The molecule has 0 heterocycles. The second-order valence-electron chi connectivity index (χ2n) is 6.06. The standard InChI is InChI=1S/C20H17BrO8/c1-9(22)14-16(20(27)28-8-12-4-6-13(21)7-5-12)15(10(2)23)19(29-11(3)24)18(26)17(14)25/h4-7,25-26H,8H2,1-3H3. The summed E-state index contributed by atoms with van der Waals surface area (Å²) < 4.78 is 10.8. The summed E-state index contributed by atoms with van der Waals surface area (Å²) in [6, 6.07) is 6.84. The molecule has 0 aromatic heterocycles. The van der Waals surface area contributed by atoms with E-state index in [0.717, 1.165) is 25.2 Å². The summed E-state index contributed by atoms with van der Waals surface area (Å²) in [7, 11) is 0. The number of esters is 2. The van der Waals surface area contributed by atoms with E-state index in [-0.39, 0.29) is 6.61 Å². The van der Waals surface area contributed by atoms with Gasteiger partial charge in [0, 0.05) is 11.4 Å². The van der Waals surface area contributed by atoms with Gasteiger partial charge in [-0.3, -0.25) is 14.4 Å². The molecule has 8 nitrogen and oxygen atoms in total. The van der Waals surface area contributed by atoms with Gasteiger partial charge >= 0.3 is 11.9 Å². The van der Waals surface area contributed by atoms with Crippen LogP contribution in [0.5, 0.6) is 17.2 Å². The summed E-state index contributed by atoms with van der Waals surface area (Å²) in [6.45, 7) is 2.90. The van der Waals surface area contributed by atoms with Crippen LogP contribution in [-0.2, 0) is 16.1 Å². The molecule has 0 atom stereocenters. The molecular formula is C20H17BrO8. The molecule has 2 aromatic carbocycles. The Morgan fingerprint density at radius 1 is 0.862 bits per heavy atom. The Labute approximate surface area is 174 Å². The predicted molar refractivity (Wildman–Crippen MR) is 104 cm³/mol. The van der Waals surface area contributed by atoms with Gasteiger partial charge in [-0.15, -0.1) is 0 Å². The molecular weight excluding hydrogens is 448 g/mol. The van der Waals surface area contributed by atoms with E-state index < -0.39 is 57.4 Å². The number of phenolic OH excluding ortho intramolecular Hbond substituents is 2. The molecule has 0 aliphatic heterocycles. The lowest BCUT2D eigenvalue weighted by atomic mass is 9.93. The summed E-state index contributed by atoms with van der Waals surface area (Å²) in [5.41, 5.74) is -1.11. The van der Waals surface area contributed by atoms with Crippen molar-refractivity contribution in [3.63, 3.8) is 0 Å². The first kappa shape index (κ1) is 22.1. The zero-order chi connectivity index (χ0) is 21.9. The van der Waals surface area contributed by atoms with Crippen LogP contribution in [0.1, 0.15) is 57.4 Å². The molecule has 0 radical (unpaired) electrons. The minimum Gasteiger partial charge on any atom is -0.504 e. The normalized spacial score (nSPS) is 10.3. The van der Waals surface area contributed by atoms with Crippen LogP contribution in [-0.4, -0.2) is 33.7 Å². The van der Waals surface area contributed by atoms with Gasteiger partial charge in [0.25, 0.3) is 0 Å². The van der Waals surface area contributed by atoms with Gasteiger partial charge in [0.2, 0.25) is 5.75 Å². The maximum Gasteiger partial charge on any atom is 0.340 e. The first-order valence-electron chi connectivity index (χ1n) is 8.28. The topological polar surface area (TPSA) is 127 Å². The molecule has 0 unspecified atom stereocenters. The molecule has 0 saturated carbocycles. The average molecular weight is 465 g/mol. The number of carbonyl (C=O) groups excluding carboxylic acids is 4. The van der Waals surface area contributed by atoms with Gasteiger partial charge in [-0.25, -0.2) is 4.79 Å². The van der Waals surface area contributed by atoms with E-state index >= 15 is 0 Å². The SMILES string of the molecule is CC(=O)Oc1c(O)c(O)c(C(C)=O)c(C(=O)OCc2ccc(Br)cc2)c1C(C)=O. The van der Waals surface area contributed by atoms with E-state index in [0.29, 0.717) is 5.56 Å². The van der Waals surface area contributed by atoms with Gasteiger partial charge in [0.15, 0.2) is 23.1 Å². The highest BCUT2D eigenvalue weighted by atomic mass is 79.9. The van der Waals surface area contributed by atoms with Gasteiger partial charge in [-0.1, -0.05) is 28.1 Å². The summed E-state index contributed by atoms with van der Waals surface area (Å²) in [6.07, 6.45) is 0. The van der Waals surface area contributed by atoms with Crippen LogP contribution in [0.2, 0.25) is 0 Å². The number of hydrogen-bond acceptors (Lipinski definition) is 8. The number of hydrogen-bond donors (Lipinski definition) is 2. The number of rotatable bonds is 6. The zero-order valence-corrected chi connectivity index (χ0v) is 17.3. The maximum absolute atomic E-state index is 12.8. The van der Waals surface area contributed by atoms with E-state index in [2.05, 4.69) is 15.9 Å². The van der Waals surface area contributed by atoms with Crippen LogP contribution in [0.15, 0.2) is 28.7 Å². The highest BCUT2D eigenvalue weighted by molar-refractivity contribution is 9.10. The minimum absolute atomic E-state index is 0.189. The van der Waals surface area contributed by atoms with Crippen molar-refractivity contribution in [1.82, 2.24) is 0 Å². The Morgan fingerprint density at radius 2 is 1.41 bits per heavy atom. The summed E-state index contributed by atoms with van der Waals surface area (Å²) >= 11 is 3.28. The minimum atomic E-state index is -1.10. The predicted octanol–water partition coefficient (Wildman–Crippen LogP) is 3.55. The van der Waals surface area contributed by atoms with Crippen molar-refractivity contribution >= 4 is 39.4 Å². The van der Waals surface area contributed by atoms with Gasteiger partial charge in [0.1, 0.15) is 6.61 Å². The molecule has 0 aliphatic carbocycles. The van der Waals surface area contributed by atoms with E-state index in [1.165, 1.54) is 0 Å². The average Bonchev–Trinajstić information content (AvgIpc) is 2.63. The number of phenols is 2. The smallest absolute Gasteiger partial charge is 0.340 e. The number of ketones is 2. The van der Waals surface area contributed by atoms with E-state index in [1.54, 1.807) is 24.3 Å². The monoisotopic (exact) mass is 464 g/mol. The lowest BCUT2D eigenvalue weighted by Crippen LogP contribution is -2.18. The molecule has 0 spiro atoms. The third-order valence-corrected chi connectivity index (χ3v) is 4.37. The molecule has 0 fully saturated rings. The molecule has 2 N–H and O–H groups in total. The maximum atomic E-state index is 12.8. The first-order valence-corrected chi connectivity index (χ1v) is 9.07. The number of carbonyl (C=O) groups is 4. The Balaban J connectivity index is 2.62. The van der Waals surface area contributed by atoms with Crippen LogP contribution < -0.4 is 4.74 Å². The molecule has 29 heavy (non-hydrogen) atoms. The van der Waals surface area contributed by atoms with Gasteiger partial charge in [-0.2, -0.15) is 0 Å². The van der Waals surface area contributed by atoms with Gasteiger partial charge < -0.3 is 19.7 Å². The third-order valence-electron chi connectivity index (χ3n) is 3.84. The van der Waals surface area contributed by atoms with Crippen molar-refractivity contribution in [3.8, 4) is 17.2 Å². The molecule has 0 saturated heterocycles. The number of Topliss-reactive ketones (excluding diaryl/α,β-unsaturated/α-hetero) is 2. The number of halogens is 1. The number of benzene rings is 2. The molecule has 2 aromatic rings. The molecule has 0 amide bonds. The van der Waals surface area contributed by atoms with Gasteiger partial charge in [0.05, 0.1) is 16.7 Å². The van der Waals surface area contributed by atoms with Crippen LogP contribution in [0.3, 0.4) is 0 Å². The van der Waals surface area contributed by atoms with E-state index in [9.17, 15) is 29.4 Å². The summed E-state index contributed by atoms with van der Waals surface area (Å²) in [5.74, 6) is -6.31.